The Bertz CT molecular complexity index is 610. The smallest absolute Gasteiger partial charge is 0.244 e. The molecule has 5 nitrogen and oxygen atoms in total. The number of nitrogens with one attached hydrogen (secondary N) is 2. The second-order valence-electron chi connectivity index (χ2n) is 7.36. The fraction of sp³-hybridized carbons (Fsp3) is 0.556. The summed E-state index contributed by atoms with van der Waals surface area (Å²) in [5.74, 6) is 2.31. The van der Waals surface area contributed by atoms with Gasteiger partial charge in [-0.2, -0.15) is 0 Å². The first kappa shape index (κ1) is 17.3. The van der Waals surface area contributed by atoms with Crippen LogP contribution in [0.3, 0.4) is 0 Å². The molecule has 0 aromatic carbocycles. The number of carbonyl (C=O) groups excluding carboxylic acids is 2. The lowest BCUT2D eigenvalue weighted by Crippen LogP contribution is -2.50. The first-order chi connectivity index (χ1) is 10.7. The third kappa shape index (κ3) is 5.27. The van der Waals surface area contributed by atoms with E-state index in [1.807, 2.05) is 32.9 Å². The van der Waals surface area contributed by atoms with Gasteiger partial charge in [0.05, 0.1) is 0 Å². The number of rotatable bonds is 5. The van der Waals surface area contributed by atoms with Crippen LogP contribution in [0.15, 0.2) is 22.6 Å². The van der Waals surface area contributed by atoms with Crippen LogP contribution in [0.1, 0.15) is 58.5 Å². The minimum Gasteiger partial charge on any atom is -0.461 e. The van der Waals surface area contributed by atoms with Gasteiger partial charge in [0.1, 0.15) is 17.6 Å². The molecule has 1 aromatic heterocycles. The third-order valence-electron chi connectivity index (χ3n) is 3.77. The lowest BCUT2D eigenvalue weighted by atomic mass is 10.1. The molecule has 1 heterocycles. The highest BCUT2D eigenvalue weighted by Crippen LogP contribution is 2.47. The zero-order valence-corrected chi connectivity index (χ0v) is 14.5. The largest absolute Gasteiger partial charge is 0.461 e. The van der Waals surface area contributed by atoms with Crippen molar-refractivity contribution in [2.45, 2.75) is 58.5 Å². The van der Waals surface area contributed by atoms with Crippen LogP contribution >= 0.6 is 0 Å². The van der Waals surface area contributed by atoms with E-state index >= 15 is 0 Å². The first-order valence-corrected chi connectivity index (χ1v) is 8.06. The fourth-order valence-corrected chi connectivity index (χ4v) is 2.34. The van der Waals surface area contributed by atoms with Crippen LogP contribution in [-0.4, -0.2) is 23.4 Å². The van der Waals surface area contributed by atoms with E-state index in [0.29, 0.717) is 17.6 Å². The van der Waals surface area contributed by atoms with Crippen LogP contribution in [0.25, 0.3) is 6.08 Å². The molecule has 2 N–H and O–H groups in total. The van der Waals surface area contributed by atoms with E-state index in [1.165, 1.54) is 6.08 Å². The normalized spacial score (nSPS) is 22.0. The molecule has 0 radical (unpaired) electrons. The number of hydrogen-bond acceptors (Lipinski definition) is 3. The van der Waals surface area contributed by atoms with Gasteiger partial charge in [0, 0.05) is 17.5 Å². The van der Waals surface area contributed by atoms with Gasteiger partial charge in [0.15, 0.2) is 0 Å². The molecular weight excluding hydrogens is 292 g/mol. The molecule has 0 unspecified atom stereocenters. The second-order valence-corrected chi connectivity index (χ2v) is 7.36. The van der Waals surface area contributed by atoms with Crippen molar-refractivity contribution >= 4 is 17.9 Å². The molecule has 3 atom stereocenters. The molecule has 0 saturated heterocycles. The van der Waals surface area contributed by atoms with Gasteiger partial charge in [0.2, 0.25) is 11.8 Å². The minimum atomic E-state index is -0.592. The summed E-state index contributed by atoms with van der Waals surface area (Å²) in [6.45, 7) is 9.55. The Labute approximate surface area is 137 Å². The average Bonchev–Trinajstić information content (AvgIpc) is 2.98. The molecule has 1 fully saturated rings. The highest BCUT2D eigenvalue weighted by atomic mass is 16.3. The first-order valence-electron chi connectivity index (χ1n) is 8.06. The lowest BCUT2D eigenvalue weighted by molar-refractivity contribution is -0.127. The number of furan rings is 1. The summed E-state index contributed by atoms with van der Waals surface area (Å²) in [7, 11) is 0. The number of carbonyl (C=O) groups is 2. The molecule has 2 amide bonds. The Hall–Kier alpha value is -2.04. The van der Waals surface area contributed by atoms with Crippen LogP contribution in [0.2, 0.25) is 0 Å². The van der Waals surface area contributed by atoms with Crippen LogP contribution in [0.5, 0.6) is 0 Å². The van der Waals surface area contributed by atoms with Gasteiger partial charge in [-0.15, -0.1) is 0 Å². The van der Waals surface area contributed by atoms with Gasteiger partial charge in [-0.25, -0.2) is 0 Å². The Balaban J connectivity index is 1.84. The van der Waals surface area contributed by atoms with Gasteiger partial charge < -0.3 is 15.1 Å². The molecule has 0 bridgehead atoms. The Morgan fingerprint density at radius 1 is 1.35 bits per heavy atom. The molecule has 23 heavy (non-hydrogen) atoms. The van der Waals surface area contributed by atoms with Crippen molar-refractivity contribution < 1.29 is 14.0 Å². The zero-order chi connectivity index (χ0) is 17.2. The van der Waals surface area contributed by atoms with Crippen molar-refractivity contribution in [2.75, 3.05) is 0 Å². The Morgan fingerprint density at radius 2 is 2.00 bits per heavy atom. The summed E-state index contributed by atoms with van der Waals surface area (Å²) in [6, 6.07) is 3.23. The molecule has 0 spiro atoms. The van der Waals surface area contributed by atoms with E-state index in [-0.39, 0.29) is 17.4 Å². The lowest BCUT2D eigenvalue weighted by Gasteiger charge is -2.23. The van der Waals surface area contributed by atoms with Gasteiger partial charge in [-0.3, -0.25) is 9.59 Å². The Kier molecular flexibility index (Phi) is 4.97. The van der Waals surface area contributed by atoms with Crippen LogP contribution in [0.4, 0.5) is 0 Å². The van der Waals surface area contributed by atoms with Crippen LogP contribution in [-0.2, 0) is 9.59 Å². The Morgan fingerprint density at radius 3 is 2.57 bits per heavy atom. The summed E-state index contributed by atoms with van der Waals surface area (Å²) < 4.78 is 5.70. The van der Waals surface area contributed by atoms with E-state index < -0.39 is 6.04 Å². The summed E-state index contributed by atoms with van der Waals surface area (Å²) in [6.07, 6.45) is 4.18. The molecule has 1 aliphatic rings. The van der Waals surface area contributed by atoms with E-state index in [0.717, 1.165) is 12.2 Å². The maximum Gasteiger partial charge on any atom is 0.244 e. The molecule has 0 aliphatic heterocycles. The van der Waals surface area contributed by atoms with Gasteiger partial charge in [-0.05, 0) is 58.2 Å². The molecule has 5 heteroatoms. The number of amides is 2. The summed E-state index contributed by atoms with van der Waals surface area (Å²) in [5.41, 5.74) is -0.323. The van der Waals surface area contributed by atoms with Crippen LogP contribution in [0, 0.1) is 5.92 Å². The van der Waals surface area contributed by atoms with Gasteiger partial charge in [0.25, 0.3) is 0 Å². The molecular formula is C18H26N2O3. The van der Waals surface area contributed by atoms with Crippen molar-refractivity contribution in [1.82, 2.24) is 10.6 Å². The molecule has 126 valence electrons. The minimum absolute atomic E-state index is 0.206. The van der Waals surface area contributed by atoms with E-state index in [1.54, 1.807) is 13.0 Å². The maximum atomic E-state index is 11.9. The summed E-state index contributed by atoms with van der Waals surface area (Å²) in [5, 5.41) is 5.47. The standard InChI is InChI=1S/C18H26N2O3/c1-11-10-14(11)15-8-6-13(23-15)7-9-16(21)19-12(2)17(22)20-18(3,4)5/h6-9,11-12,14H,10H2,1-5H3,(H,19,21)(H,20,22)/b9-7+/t11-,12-,14+/m0/s1. The van der Waals surface area contributed by atoms with Crippen molar-refractivity contribution in [3.63, 3.8) is 0 Å². The molecule has 1 aliphatic carbocycles. The predicted molar refractivity (Wildman–Crippen MR) is 89.8 cm³/mol. The molecule has 1 saturated carbocycles. The average molecular weight is 318 g/mol. The predicted octanol–water partition coefficient (Wildman–Crippen LogP) is 2.84. The summed E-state index contributed by atoms with van der Waals surface area (Å²) >= 11 is 0. The van der Waals surface area contributed by atoms with Crippen molar-refractivity contribution in [1.29, 1.82) is 0 Å². The molecule has 2 rings (SSSR count). The van der Waals surface area contributed by atoms with E-state index in [4.69, 9.17) is 4.42 Å². The van der Waals surface area contributed by atoms with Crippen LogP contribution < -0.4 is 10.6 Å². The maximum absolute atomic E-state index is 11.9. The fourth-order valence-electron chi connectivity index (χ4n) is 2.34. The van der Waals surface area contributed by atoms with E-state index in [9.17, 15) is 9.59 Å². The van der Waals surface area contributed by atoms with Gasteiger partial charge in [-0.1, -0.05) is 6.92 Å². The third-order valence-corrected chi connectivity index (χ3v) is 3.77. The topological polar surface area (TPSA) is 71.3 Å². The van der Waals surface area contributed by atoms with Crippen molar-refractivity contribution in [3.8, 4) is 0 Å². The SMILES string of the molecule is C[C@H](NC(=O)/C=C/c1ccc([C@@H]2C[C@@H]2C)o1)C(=O)NC(C)(C)C. The highest BCUT2D eigenvalue weighted by molar-refractivity contribution is 5.95. The van der Waals surface area contributed by atoms with E-state index in [2.05, 4.69) is 17.6 Å². The highest BCUT2D eigenvalue weighted by Gasteiger charge is 2.36. The molecule has 1 aromatic rings. The van der Waals surface area contributed by atoms with Crippen molar-refractivity contribution in [3.05, 3.63) is 29.7 Å². The zero-order valence-electron chi connectivity index (χ0n) is 14.5. The van der Waals surface area contributed by atoms with Gasteiger partial charge >= 0.3 is 0 Å². The quantitative estimate of drug-likeness (QED) is 0.820. The second kappa shape index (κ2) is 6.60. The van der Waals surface area contributed by atoms with Crippen molar-refractivity contribution in [2.24, 2.45) is 5.92 Å². The monoisotopic (exact) mass is 318 g/mol. The summed E-state index contributed by atoms with van der Waals surface area (Å²) in [4.78, 5) is 23.8. The number of hydrogen-bond donors (Lipinski definition) is 2.